The SMILES string of the molecule is CCOC(=O)/C(C)=C/CC[C@@]12CCC[C@@H](OC1=O)[C@@H]2I. The largest absolute Gasteiger partial charge is 0.463 e. The van der Waals surface area contributed by atoms with Crippen molar-refractivity contribution in [2.45, 2.75) is 56.0 Å². The van der Waals surface area contributed by atoms with E-state index in [1.807, 2.05) is 6.08 Å². The molecule has 112 valence electrons. The Bertz CT molecular complexity index is 432. The fraction of sp³-hybridized carbons (Fsp3) is 0.733. The maximum absolute atomic E-state index is 12.2. The van der Waals surface area contributed by atoms with E-state index in [0.717, 1.165) is 25.7 Å². The van der Waals surface area contributed by atoms with Crippen LogP contribution >= 0.6 is 22.6 Å². The van der Waals surface area contributed by atoms with Crippen LogP contribution in [0.4, 0.5) is 0 Å². The lowest BCUT2D eigenvalue weighted by atomic mass is 9.72. The first-order valence-corrected chi connectivity index (χ1v) is 8.45. The minimum Gasteiger partial charge on any atom is -0.463 e. The molecule has 0 aromatic carbocycles. The van der Waals surface area contributed by atoms with Gasteiger partial charge in [-0.3, -0.25) is 4.79 Å². The number of fused-ring (bicyclic) bond motifs is 2. The van der Waals surface area contributed by atoms with Gasteiger partial charge in [0.25, 0.3) is 0 Å². The molecule has 2 bridgehead atoms. The molecule has 1 heterocycles. The summed E-state index contributed by atoms with van der Waals surface area (Å²) in [6.07, 6.45) is 6.38. The number of hydrogen-bond donors (Lipinski definition) is 0. The molecule has 2 fully saturated rings. The summed E-state index contributed by atoms with van der Waals surface area (Å²) in [6.45, 7) is 3.94. The van der Waals surface area contributed by atoms with Crippen LogP contribution in [0, 0.1) is 5.41 Å². The molecular weight excluding hydrogens is 371 g/mol. The van der Waals surface area contributed by atoms with E-state index in [1.54, 1.807) is 13.8 Å². The number of ether oxygens (including phenoxy) is 2. The van der Waals surface area contributed by atoms with Gasteiger partial charge in [0.05, 0.1) is 15.9 Å². The average Bonchev–Trinajstić information content (AvgIpc) is 2.56. The van der Waals surface area contributed by atoms with Crippen LogP contribution in [-0.2, 0) is 19.1 Å². The van der Waals surface area contributed by atoms with Gasteiger partial charge in [0.2, 0.25) is 0 Å². The van der Waals surface area contributed by atoms with Crippen LogP contribution in [0.1, 0.15) is 46.0 Å². The number of rotatable bonds is 5. The van der Waals surface area contributed by atoms with E-state index < -0.39 is 0 Å². The summed E-state index contributed by atoms with van der Waals surface area (Å²) in [5.41, 5.74) is 0.279. The third-order valence-electron chi connectivity index (χ3n) is 4.27. The van der Waals surface area contributed by atoms with Gasteiger partial charge in [0.1, 0.15) is 6.10 Å². The molecule has 1 aliphatic heterocycles. The fourth-order valence-electron chi connectivity index (χ4n) is 3.09. The van der Waals surface area contributed by atoms with Crippen molar-refractivity contribution in [3.05, 3.63) is 11.6 Å². The summed E-state index contributed by atoms with van der Waals surface area (Å²) < 4.78 is 10.7. The Kier molecular flexibility index (Phi) is 5.09. The van der Waals surface area contributed by atoms with Crippen LogP contribution in [0.2, 0.25) is 0 Å². The average molecular weight is 392 g/mol. The summed E-state index contributed by atoms with van der Waals surface area (Å²) in [5, 5.41) is 0. The molecule has 0 unspecified atom stereocenters. The van der Waals surface area contributed by atoms with Crippen molar-refractivity contribution in [2.24, 2.45) is 5.41 Å². The summed E-state index contributed by atoms with van der Waals surface area (Å²) >= 11 is 2.36. The van der Waals surface area contributed by atoms with Gasteiger partial charge in [-0.1, -0.05) is 28.7 Å². The molecule has 5 heteroatoms. The molecule has 0 amide bonds. The molecule has 0 radical (unpaired) electrons. The Labute approximate surface area is 133 Å². The Morgan fingerprint density at radius 3 is 3.05 bits per heavy atom. The monoisotopic (exact) mass is 392 g/mol. The van der Waals surface area contributed by atoms with Gasteiger partial charge in [-0.05, 0) is 46.0 Å². The number of carbonyl (C=O) groups excluding carboxylic acids is 2. The topological polar surface area (TPSA) is 52.6 Å². The van der Waals surface area contributed by atoms with Gasteiger partial charge < -0.3 is 9.47 Å². The lowest BCUT2D eigenvalue weighted by molar-refractivity contribution is -0.148. The maximum Gasteiger partial charge on any atom is 0.333 e. The van der Waals surface area contributed by atoms with Crippen molar-refractivity contribution >= 4 is 34.5 Å². The first-order chi connectivity index (χ1) is 9.51. The molecule has 1 saturated carbocycles. The Balaban J connectivity index is 1.98. The fourth-order valence-corrected chi connectivity index (χ4v) is 4.47. The number of hydrogen-bond acceptors (Lipinski definition) is 4. The van der Waals surface area contributed by atoms with Crippen LogP contribution in [-0.4, -0.2) is 28.6 Å². The summed E-state index contributed by atoms with van der Waals surface area (Å²) in [5.74, 6) is -0.312. The Hall–Kier alpha value is -0.590. The molecule has 3 atom stereocenters. The molecule has 0 spiro atoms. The third kappa shape index (κ3) is 2.87. The molecule has 2 aliphatic rings. The van der Waals surface area contributed by atoms with E-state index in [9.17, 15) is 9.59 Å². The zero-order valence-corrected chi connectivity index (χ0v) is 14.1. The highest BCUT2D eigenvalue weighted by Gasteiger charge is 2.57. The molecule has 0 aromatic heterocycles. The van der Waals surface area contributed by atoms with Crippen molar-refractivity contribution in [1.29, 1.82) is 0 Å². The zero-order valence-electron chi connectivity index (χ0n) is 12.0. The number of halogens is 1. The van der Waals surface area contributed by atoms with E-state index in [-0.39, 0.29) is 27.4 Å². The first kappa shape index (κ1) is 15.8. The highest BCUT2D eigenvalue weighted by molar-refractivity contribution is 14.1. The van der Waals surface area contributed by atoms with Crippen molar-refractivity contribution in [3.63, 3.8) is 0 Å². The summed E-state index contributed by atoms with van der Waals surface area (Å²) in [6, 6.07) is 0. The number of carbonyl (C=O) groups is 2. The van der Waals surface area contributed by atoms with Crippen molar-refractivity contribution in [1.82, 2.24) is 0 Å². The van der Waals surface area contributed by atoms with Gasteiger partial charge in [-0.2, -0.15) is 0 Å². The van der Waals surface area contributed by atoms with E-state index in [2.05, 4.69) is 22.6 Å². The van der Waals surface area contributed by atoms with Gasteiger partial charge in [0, 0.05) is 5.57 Å². The molecule has 20 heavy (non-hydrogen) atoms. The molecule has 1 aliphatic carbocycles. The van der Waals surface area contributed by atoms with Crippen LogP contribution in [0.3, 0.4) is 0 Å². The molecule has 2 rings (SSSR count). The second kappa shape index (κ2) is 6.45. The van der Waals surface area contributed by atoms with Gasteiger partial charge in [-0.15, -0.1) is 0 Å². The van der Waals surface area contributed by atoms with E-state index >= 15 is 0 Å². The van der Waals surface area contributed by atoms with Crippen LogP contribution < -0.4 is 0 Å². The molecular formula is C15H21IO4. The molecule has 1 saturated heterocycles. The second-order valence-corrected chi connectivity index (χ2v) is 6.88. The predicted octanol–water partition coefficient (Wildman–Crippen LogP) is 3.18. The van der Waals surface area contributed by atoms with Crippen LogP contribution in [0.25, 0.3) is 0 Å². The minimum atomic E-state index is -0.338. The standard InChI is InChI=1S/C15H21IO4/c1-3-19-13(17)10(2)6-4-8-15-9-5-7-11(12(15)16)20-14(15)18/h6,11-12H,3-5,7-9H2,1-2H3/b10-6+/t11-,12+,15+/m1/s1. The summed E-state index contributed by atoms with van der Waals surface area (Å²) in [7, 11) is 0. The molecule has 4 nitrogen and oxygen atoms in total. The van der Waals surface area contributed by atoms with Gasteiger partial charge in [-0.25, -0.2) is 4.79 Å². The van der Waals surface area contributed by atoms with Gasteiger partial charge >= 0.3 is 11.9 Å². The number of allylic oxidation sites excluding steroid dienone is 1. The Morgan fingerprint density at radius 1 is 1.60 bits per heavy atom. The van der Waals surface area contributed by atoms with Crippen LogP contribution in [0.5, 0.6) is 0 Å². The van der Waals surface area contributed by atoms with Gasteiger partial charge in [0.15, 0.2) is 0 Å². The zero-order chi connectivity index (χ0) is 14.8. The highest BCUT2D eigenvalue weighted by atomic mass is 127. The number of alkyl halides is 1. The minimum absolute atomic E-state index is 0.0402. The molecule has 0 N–H and O–H groups in total. The van der Waals surface area contributed by atoms with Crippen molar-refractivity contribution in [2.75, 3.05) is 6.61 Å². The van der Waals surface area contributed by atoms with E-state index in [0.29, 0.717) is 18.6 Å². The normalized spacial score (nSPS) is 33.0. The summed E-state index contributed by atoms with van der Waals surface area (Å²) in [4.78, 5) is 23.7. The van der Waals surface area contributed by atoms with Crippen molar-refractivity contribution < 1.29 is 19.1 Å². The van der Waals surface area contributed by atoms with Crippen LogP contribution in [0.15, 0.2) is 11.6 Å². The predicted molar refractivity (Wildman–Crippen MR) is 83.6 cm³/mol. The maximum atomic E-state index is 12.2. The highest BCUT2D eigenvalue weighted by Crippen LogP contribution is 2.51. The second-order valence-electron chi connectivity index (χ2n) is 5.54. The Morgan fingerprint density at radius 2 is 2.35 bits per heavy atom. The lowest BCUT2D eigenvalue weighted by Gasteiger charge is -2.32. The van der Waals surface area contributed by atoms with E-state index in [4.69, 9.17) is 9.47 Å². The lowest BCUT2D eigenvalue weighted by Crippen LogP contribution is -2.38. The first-order valence-electron chi connectivity index (χ1n) is 7.20. The van der Waals surface area contributed by atoms with E-state index in [1.165, 1.54) is 0 Å². The van der Waals surface area contributed by atoms with Crippen molar-refractivity contribution in [3.8, 4) is 0 Å². The quantitative estimate of drug-likeness (QED) is 0.312. The number of esters is 2. The molecule has 0 aromatic rings. The third-order valence-corrected chi connectivity index (χ3v) is 6.26. The smallest absolute Gasteiger partial charge is 0.333 e.